The Balaban J connectivity index is 2.17. The van der Waals surface area contributed by atoms with E-state index in [1.54, 1.807) is 6.20 Å². The van der Waals surface area contributed by atoms with Crippen LogP contribution in [0, 0.1) is 0 Å². The summed E-state index contributed by atoms with van der Waals surface area (Å²) in [6.07, 6.45) is 1.76. The predicted octanol–water partition coefficient (Wildman–Crippen LogP) is 3.45. The Bertz CT molecular complexity index is 590. The third-order valence-electron chi connectivity index (χ3n) is 2.59. The van der Waals surface area contributed by atoms with Gasteiger partial charge in [0.05, 0.1) is 10.6 Å². The summed E-state index contributed by atoms with van der Waals surface area (Å²) in [5.41, 5.74) is 8.65. The molecule has 0 aliphatic rings. The van der Waals surface area contributed by atoms with Crippen molar-refractivity contribution in [3.63, 3.8) is 0 Å². The van der Waals surface area contributed by atoms with E-state index in [4.69, 9.17) is 5.73 Å². The number of hydrogen-bond acceptors (Lipinski definition) is 4. The number of rotatable bonds is 2. The van der Waals surface area contributed by atoms with Crippen molar-refractivity contribution in [2.75, 3.05) is 5.73 Å². The SMILES string of the molecule is Nc1nc(-c2ccccn2)c(-c2ccccc2)s1. The molecule has 0 aliphatic carbocycles. The van der Waals surface area contributed by atoms with Crippen molar-refractivity contribution in [3.8, 4) is 21.8 Å². The largest absolute Gasteiger partial charge is 0.375 e. The fourth-order valence-electron chi connectivity index (χ4n) is 1.80. The Morgan fingerprint density at radius 1 is 0.944 bits per heavy atom. The second kappa shape index (κ2) is 4.58. The molecule has 2 aromatic heterocycles. The summed E-state index contributed by atoms with van der Waals surface area (Å²) in [6, 6.07) is 15.9. The van der Waals surface area contributed by atoms with Crippen LogP contribution < -0.4 is 5.73 Å². The van der Waals surface area contributed by atoms with Crippen molar-refractivity contribution in [1.29, 1.82) is 0 Å². The summed E-state index contributed by atoms with van der Waals surface area (Å²) in [5, 5.41) is 0.564. The first-order valence-corrected chi connectivity index (χ1v) is 6.39. The monoisotopic (exact) mass is 253 g/mol. The van der Waals surface area contributed by atoms with E-state index in [-0.39, 0.29) is 0 Å². The van der Waals surface area contributed by atoms with Crippen molar-refractivity contribution in [1.82, 2.24) is 9.97 Å². The van der Waals surface area contributed by atoms with E-state index in [2.05, 4.69) is 22.1 Å². The van der Waals surface area contributed by atoms with Crippen LogP contribution in [0.15, 0.2) is 54.7 Å². The standard InChI is InChI=1S/C14H11N3S/c15-14-17-12(11-8-4-5-9-16-11)13(18-14)10-6-2-1-3-7-10/h1-9H,(H2,15,17). The van der Waals surface area contributed by atoms with Gasteiger partial charge in [-0.1, -0.05) is 47.7 Å². The van der Waals surface area contributed by atoms with Crippen LogP contribution >= 0.6 is 11.3 Å². The first-order valence-electron chi connectivity index (χ1n) is 5.58. The first-order chi connectivity index (χ1) is 8.84. The highest BCUT2D eigenvalue weighted by Crippen LogP contribution is 2.36. The zero-order valence-corrected chi connectivity index (χ0v) is 10.4. The van der Waals surface area contributed by atoms with Crippen LogP contribution in [-0.2, 0) is 0 Å². The second-order valence-corrected chi connectivity index (χ2v) is 4.84. The van der Waals surface area contributed by atoms with E-state index in [0.717, 1.165) is 21.8 Å². The molecule has 0 bridgehead atoms. The van der Waals surface area contributed by atoms with Gasteiger partial charge in [-0.25, -0.2) is 4.98 Å². The van der Waals surface area contributed by atoms with Crippen molar-refractivity contribution in [2.45, 2.75) is 0 Å². The van der Waals surface area contributed by atoms with Gasteiger partial charge in [0.2, 0.25) is 0 Å². The number of anilines is 1. The van der Waals surface area contributed by atoms with Gasteiger partial charge < -0.3 is 5.73 Å². The molecule has 2 N–H and O–H groups in total. The lowest BCUT2D eigenvalue weighted by molar-refractivity contribution is 1.28. The lowest BCUT2D eigenvalue weighted by atomic mass is 10.1. The number of thiazole rings is 1. The summed E-state index contributed by atoms with van der Waals surface area (Å²) in [5.74, 6) is 0. The smallest absolute Gasteiger partial charge is 0.181 e. The normalized spacial score (nSPS) is 10.4. The summed E-state index contributed by atoms with van der Waals surface area (Å²) in [6.45, 7) is 0. The first kappa shape index (κ1) is 10.9. The zero-order chi connectivity index (χ0) is 12.4. The molecule has 0 aliphatic heterocycles. The van der Waals surface area contributed by atoms with Crippen LogP contribution in [0.25, 0.3) is 21.8 Å². The van der Waals surface area contributed by atoms with Crippen LogP contribution in [0.4, 0.5) is 5.13 Å². The summed E-state index contributed by atoms with van der Waals surface area (Å²) in [4.78, 5) is 9.79. The highest BCUT2D eigenvalue weighted by molar-refractivity contribution is 7.19. The minimum Gasteiger partial charge on any atom is -0.375 e. The molecule has 0 saturated heterocycles. The molecule has 4 heteroatoms. The average molecular weight is 253 g/mol. The van der Waals surface area contributed by atoms with Crippen LogP contribution in [0.2, 0.25) is 0 Å². The quantitative estimate of drug-likeness (QED) is 0.761. The number of pyridine rings is 1. The maximum atomic E-state index is 5.83. The highest BCUT2D eigenvalue weighted by Gasteiger charge is 2.13. The summed E-state index contributed by atoms with van der Waals surface area (Å²) >= 11 is 1.49. The van der Waals surface area contributed by atoms with Crippen LogP contribution in [0.1, 0.15) is 0 Å². The van der Waals surface area contributed by atoms with E-state index in [9.17, 15) is 0 Å². The van der Waals surface area contributed by atoms with Gasteiger partial charge in [0, 0.05) is 6.20 Å². The molecule has 0 radical (unpaired) electrons. The van der Waals surface area contributed by atoms with Gasteiger partial charge in [-0.3, -0.25) is 4.98 Å². The van der Waals surface area contributed by atoms with E-state index in [1.165, 1.54) is 11.3 Å². The van der Waals surface area contributed by atoms with E-state index in [0.29, 0.717) is 5.13 Å². The minimum atomic E-state index is 0.564. The van der Waals surface area contributed by atoms with E-state index < -0.39 is 0 Å². The lowest BCUT2D eigenvalue weighted by Crippen LogP contribution is -1.86. The Labute approximate surface area is 109 Å². The second-order valence-electron chi connectivity index (χ2n) is 3.81. The summed E-state index contributed by atoms with van der Waals surface area (Å²) < 4.78 is 0. The molecule has 0 atom stereocenters. The molecule has 2 heterocycles. The summed E-state index contributed by atoms with van der Waals surface area (Å²) in [7, 11) is 0. The van der Waals surface area contributed by atoms with Crippen molar-refractivity contribution in [3.05, 3.63) is 54.7 Å². The highest BCUT2D eigenvalue weighted by atomic mass is 32.1. The predicted molar refractivity (Wildman–Crippen MR) is 75.2 cm³/mol. The van der Waals surface area contributed by atoms with Crippen molar-refractivity contribution < 1.29 is 0 Å². The molecule has 18 heavy (non-hydrogen) atoms. The molecule has 3 nitrogen and oxygen atoms in total. The van der Waals surface area contributed by atoms with Crippen LogP contribution in [0.5, 0.6) is 0 Å². The molecule has 0 amide bonds. The zero-order valence-electron chi connectivity index (χ0n) is 9.58. The van der Waals surface area contributed by atoms with Gasteiger partial charge >= 0.3 is 0 Å². The average Bonchev–Trinajstić information content (AvgIpc) is 2.83. The van der Waals surface area contributed by atoms with Gasteiger partial charge in [0.15, 0.2) is 5.13 Å². The maximum Gasteiger partial charge on any atom is 0.181 e. The van der Waals surface area contributed by atoms with Gasteiger partial charge in [0.25, 0.3) is 0 Å². The molecule has 1 aromatic carbocycles. The minimum absolute atomic E-state index is 0.564. The molecule has 0 fully saturated rings. The molecule has 3 aromatic rings. The molecule has 3 rings (SSSR count). The van der Waals surface area contributed by atoms with Gasteiger partial charge in [-0.2, -0.15) is 0 Å². The molecule has 88 valence electrons. The Morgan fingerprint density at radius 3 is 2.44 bits per heavy atom. The number of aromatic nitrogens is 2. The number of nitrogen functional groups attached to an aromatic ring is 1. The maximum absolute atomic E-state index is 5.83. The molecule has 0 spiro atoms. The lowest BCUT2D eigenvalue weighted by Gasteiger charge is -2.01. The molecule has 0 saturated carbocycles. The number of nitrogens with zero attached hydrogens (tertiary/aromatic N) is 2. The number of benzene rings is 1. The number of nitrogens with two attached hydrogens (primary N) is 1. The number of hydrogen-bond donors (Lipinski definition) is 1. The Kier molecular flexibility index (Phi) is 2.78. The van der Waals surface area contributed by atoms with Crippen molar-refractivity contribution >= 4 is 16.5 Å². The van der Waals surface area contributed by atoms with Gasteiger partial charge in [-0.05, 0) is 17.7 Å². The third-order valence-corrected chi connectivity index (χ3v) is 3.52. The van der Waals surface area contributed by atoms with Gasteiger partial charge in [0.1, 0.15) is 5.69 Å². The third kappa shape index (κ3) is 1.98. The molecular formula is C14H11N3S. The fraction of sp³-hybridized carbons (Fsp3) is 0. The van der Waals surface area contributed by atoms with E-state index >= 15 is 0 Å². The Morgan fingerprint density at radius 2 is 1.72 bits per heavy atom. The van der Waals surface area contributed by atoms with Crippen LogP contribution in [0.3, 0.4) is 0 Å². The fourth-order valence-corrected chi connectivity index (χ4v) is 2.65. The van der Waals surface area contributed by atoms with Crippen LogP contribution in [-0.4, -0.2) is 9.97 Å². The Hall–Kier alpha value is -2.20. The van der Waals surface area contributed by atoms with E-state index in [1.807, 2.05) is 36.4 Å². The molecule has 0 unspecified atom stereocenters. The topological polar surface area (TPSA) is 51.8 Å². The molecular weight excluding hydrogens is 242 g/mol. The van der Waals surface area contributed by atoms with Crippen molar-refractivity contribution in [2.24, 2.45) is 0 Å². The van der Waals surface area contributed by atoms with Gasteiger partial charge in [-0.15, -0.1) is 0 Å².